The second-order valence-corrected chi connectivity index (χ2v) is 5.99. The first-order valence-corrected chi connectivity index (χ1v) is 8.01. The van der Waals surface area contributed by atoms with E-state index in [-0.39, 0.29) is 5.91 Å². The van der Waals surface area contributed by atoms with E-state index in [1.807, 2.05) is 49.4 Å². The predicted octanol–water partition coefficient (Wildman–Crippen LogP) is 3.61. The first kappa shape index (κ1) is 16.1. The second-order valence-electron chi connectivity index (χ2n) is 5.51. The van der Waals surface area contributed by atoms with Gasteiger partial charge in [0, 0.05) is 35.0 Å². The standard InChI is InChI=1S/C20H16N2OS/c1-3-12-22-14(2)8-9-15-13-16(10-11-18(15)22)21-20(23)17-6-4-5-7-19(17)24/h1,4-11,13H,12H2,2H3,(H-,21,23,24)/p+1. The van der Waals surface area contributed by atoms with E-state index in [4.69, 9.17) is 6.42 Å². The number of nitrogens with zero attached hydrogens (tertiary/aromatic N) is 1. The Kier molecular flexibility index (Phi) is 4.54. The maximum absolute atomic E-state index is 12.4. The number of hydrogen-bond donors (Lipinski definition) is 2. The first-order valence-electron chi connectivity index (χ1n) is 7.56. The van der Waals surface area contributed by atoms with Crippen LogP contribution in [0.3, 0.4) is 0 Å². The van der Waals surface area contributed by atoms with Crippen LogP contribution in [0.4, 0.5) is 5.69 Å². The highest BCUT2D eigenvalue weighted by atomic mass is 32.1. The molecule has 4 heteroatoms. The Balaban J connectivity index is 1.95. The summed E-state index contributed by atoms with van der Waals surface area (Å²) < 4.78 is 2.07. The van der Waals surface area contributed by atoms with Crippen LogP contribution in [-0.4, -0.2) is 5.91 Å². The molecule has 1 amide bonds. The van der Waals surface area contributed by atoms with Gasteiger partial charge in [-0.05, 0) is 36.3 Å². The largest absolute Gasteiger partial charge is 0.322 e. The highest BCUT2D eigenvalue weighted by molar-refractivity contribution is 7.80. The van der Waals surface area contributed by atoms with Crippen LogP contribution in [0.5, 0.6) is 0 Å². The molecule has 118 valence electrons. The summed E-state index contributed by atoms with van der Waals surface area (Å²) in [5.74, 6) is 2.50. The number of carbonyl (C=O) groups excluding carboxylic acids is 1. The smallest absolute Gasteiger partial charge is 0.256 e. The summed E-state index contributed by atoms with van der Waals surface area (Å²) in [5.41, 5.74) is 3.43. The molecule has 3 aromatic rings. The Morgan fingerprint density at radius 2 is 2.00 bits per heavy atom. The minimum absolute atomic E-state index is 0.177. The summed E-state index contributed by atoms with van der Waals surface area (Å²) in [5, 5.41) is 3.94. The third-order valence-electron chi connectivity index (χ3n) is 3.90. The molecular weight excluding hydrogens is 316 g/mol. The molecule has 0 fully saturated rings. The molecule has 0 radical (unpaired) electrons. The number of carbonyl (C=O) groups is 1. The average molecular weight is 333 g/mol. The number of aryl methyl sites for hydroxylation is 1. The number of benzene rings is 2. The number of amides is 1. The molecule has 0 unspecified atom stereocenters. The fourth-order valence-corrected chi connectivity index (χ4v) is 2.93. The summed E-state index contributed by atoms with van der Waals surface area (Å²) in [4.78, 5) is 13.1. The van der Waals surface area contributed by atoms with Gasteiger partial charge in [0.2, 0.25) is 12.1 Å². The highest BCUT2D eigenvalue weighted by Gasteiger charge is 2.13. The Bertz CT molecular complexity index is 973. The predicted molar refractivity (Wildman–Crippen MR) is 99.4 cm³/mol. The molecule has 24 heavy (non-hydrogen) atoms. The Labute approximate surface area is 146 Å². The van der Waals surface area contributed by atoms with E-state index in [1.165, 1.54) is 0 Å². The molecule has 0 saturated heterocycles. The van der Waals surface area contributed by atoms with Crippen molar-refractivity contribution in [2.45, 2.75) is 18.4 Å². The monoisotopic (exact) mass is 333 g/mol. The molecule has 0 aliphatic heterocycles. The van der Waals surface area contributed by atoms with Crippen molar-refractivity contribution in [3.8, 4) is 12.3 Å². The fraction of sp³-hybridized carbons (Fsp3) is 0.100. The number of terminal acetylenes is 1. The van der Waals surface area contributed by atoms with E-state index in [0.717, 1.165) is 22.3 Å². The third kappa shape index (κ3) is 3.12. The van der Waals surface area contributed by atoms with Gasteiger partial charge in [-0.15, -0.1) is 19.1 Å². The van der Waals surface area contributed by atoms with Crippen molar-refractivity contribution in [1.82, 2.24) is 0 Å². The molecule has 0 spiro atoms. The first-order chi connectivity index (χ1) is 11.6. The second kappa shape index (κ2) is 6.77. The van der Waals surface area contributed by atoms with Crippen LogP contribution in [0.1, 0.15) is 16.1 Å². The Morgan fingerprint density at radius 3 is 2.75 bits per heavy atom. The molecule has 1 aromatic heterocycles. The van der Waals surface area contributed by atoms with Crippen LogP contribution < -0.4 is 9.88 Å². The number of aromatic nitrogens is 1. The van der Waals surface area contributed by atoms with Gasteiger partial charge >= 0.3 is 0 Å². The Morgan fingerprint density at radius 1 is 1.21 bits per heavy atom. The molecular formula is C20H17N2OS+. The molecule has 1 N–H and O–H groups in total. The topological polar surface area (TPSA) is 33.0 Å². The van der Waals surface area contributed by atoms with Crippen LogP contribution in [0.25, 0.3) is 10.9 Å². The van der Waals surface area contributed by atoms with Gasteiger partial charge in [-0.3, -0.25) is 4.79 Å². The van der Waals surface area contributed by atoms with Gasteiger partial charge in [-0.25, -0.2) is 0 Å². The molecule has 1 heterocycles. The van der Waals surface area contributed by atoms with Gasteiger partial charge in [0.25, 0.3) is 5.91 Å². The SMILES string of the molecule is C#CC[n+]1c(C)ccc2cc(NC(=O)c3ccccc3S)ccc21. The lowest BCUT2D eigenvalue weighted by Crippen LogP contribution is -2.37. The summed E-state index contributed by atoms with van der Waals surface area (Å²) in [6.45, 7) is 2.54. The van der Waals surface area contributed by atoms with Crippen LogP contribution in [0, 0.1) is 19.3 Å². The molecule has 0 atom stereocenters. The molecule has 3 rings (SSSR count). The highest BCUT2D eigenvalue weighted by Crippen LogP contribution is 2.19. The van der Waals surface area contributed by atoms with Crippen molar-refractivity contribution in [3.63, 3.8) is 0 Å². The minimum atomic E-state index is -0.177. The molecule has 0 saturated carbocycles. The van der Waals surface area contributed by atoms with E-state index in [9.17, 15) is 4.79 Å². The van der Waals surface area contributed by atoms with E-state index < -0.39 is 0 Å². The molecule has 3 nitrogen and oxygen atoms in total. The van der Waals surface area contributed by atoms with Crippen LogP contribution >= 0.6 is 12.6 Å². The van der Waals surface area contributed by atoms with Crippen molar-refractivity contribution in [2.75, 3.05) is 5.32 Å². The van der Waals surface area contributed by atoms with Crippen molar-refractivity contribution in [1.29, 1.82) is 0 Å². The number of nitrogens with one attached hydrogen (secondary N) is 1. The van der Waals surface area contributed by atoms with E-state index in [1.54, 1.807) is 12.1 Å². The normalized spacial score (nSPS) is 10.4. The summed E-state index contributed by atoms with van der Waals surface area (Å²) in [6, 6.07) is 17.1. The number of rotatable bonds is 3. The molecule has 0 aliphatic carbocycles. The number of thiol groups is 1. The zero-order valence-electron chi connectivity index (χ0n) is 13.3. The summed E-state index contributed by atoms with van der Waals surface area (Å²) in [6.07, 6.45) is 5.46. The maximum atomic E-state index is 12.4. The van der Waals surface area contributed by atoms with E-state index in [2.05, 4.69) is 28.4 Å². The van der Waals surface area contributed by atoms with Gasteiger partial charge < -0.3 is 5.32 Å². The quantitative estimate of drug-likeness (QED) is 0.428. The number of hydrogen-bond acceptors (Lipinski definition) is 2. The summed E-state index contributed by atoms with van der Waals surface area (Å²) in [7, 11) is 0. The number of anilines is 1. The van der Waals surface area contributed by atoms with E-state index in [0.29, 0.717) is 17.0 Å². The number of fused-ring (bicyclic) bond motifs is 1. The summed E-state index contributed by atoms with van der Waals surface area (Å²) >= 11 is 4.33. The zero-order chi connectivity index (χ0) is 17.1. The lowest BCUT2D eigenvalue weighted by molar-refractivity contribution is -0.664. The van der Waals surface area contributed by atoms with Gasteiger partial charge in [-0.2, -0.15) is 4.57 Å². The van der Waals surface area contributed by atoms with E-state index >= 15 is 0 Å². The lowest BCUT2D eigenvalue weighted by Gasteiger charge is -2.08. The third-order valence-corrected chi connectivity index (χ3v) is 4.29. The van der Waals surface area contributed by atoms with Gasteiger partial charge in [0.05, 0.1) is 5.56 Å². The molecule has 0 aliphatic rings. The zero-order valence-corrected chi connectivity index (χ0v) is 14.2. The minimum Gasteiger partial charge on any atom is -0.322 e. The van der Waals surface area contributed by atoms with Crippen molar-refractivity contribution in [2.24, 2.45) is 0 Å². The molecule has 2 aromatic carbocycles. The van der Waals surface area contributed by atoms with Crippen LogP contribution in [0.15, 0.2) is 59.5 Å². The molecule has 0 bridgehead atoms. The van der Waals surface area contributed by atoms with Crippen molar-refractivity contribution in [3.05, 3.63) is 65.9 Å². The van der Waals surface area contributed by atoms with Gasteiger partial charge in [0.15, 0.2) is 5.69 Å². The van der Waals surface area contributed by atoms with Crippen molar-refractivity contribution < 1.29 is 9.36 Å². The fourth-order valence-electron chi connectivity index (χ4n) is 2.67. The van der Waals surface area contributed by atoms with Gasteiger partial charge in [-0.1, -0.05) is 12.1 Å². The maximum Gasteiger partial charge on any atom is 0.256 e. The lowest BCUT2D eigenvalue weighted by atomic mass is 10.1. The number of pyridine rings is 1. The van der Waals surface area contributed by atoms with Gasteiger partial charge in [0.1, 0.15) is 0 Å². The van der Waals surface area contributed by atoms with Crippen LogP contribution in [-0.2, 0) is 6.54 Å². The van der Waals surface area contributed by atoms with Crippen molar-refractivity contribution >= 4 is 35.1 Å². The Hall–Kier alpha value is -2.77. The van der Waals surface area contributed by atoms with Crippen LogP contribution in [0.2, 0.25) is 0 Å². The average Bonchev–Trinajstić information content (AvgIpc) is 2.58.